The molecule has 0 spiro atoms. The van der Waals surface area contributed by atoms with Gasteiger partial charge in [0.15, 0.2) is 0 Å². The number of alkyl halides is 3. The van der Waals surface area contributed by atoms with Crippen molar-refractivity contribution in [2.45, 2.75) is 6.36 Å². The molecule has 22 heavy (non-hydrogen) atoms. The second-order valence-electron chi connectivity index (χ2n) is 3.87. The SMILES string of the molecule is O=C(Nc1ccc(OC(F)(F)F)cc1)c1cnc(Cl)nc1Cl. The van der Waals surface area contributed by atoms with E-state index in [0.29, 0.717) is 0 Å². The lowest BCUT2D eigenvalue weighted by atomic mass is 10.2. The first-order valence-corrected chi connectivity index (χ1v) is 6.35. The summed E-state index contributed by atoms with van der Waals surface area (Å²) in [7, 11) is 0. The molecular weight excluding hydrogens is 346 g/mol. The van der Waals surface area contributed by atoms with Crippen LogP contribution in [0.5, 0.6) is 5.75 Å². The van der Waals surface area contributed by atoms with Crippen molar-refractivity contribution in [1.82, 2.24) is 9.97 Å². The summed E-state index contributed by atoms with van der Waals surface area (Å²) in [6, 6.07) is 4.60. The summed E-state index contributed by atoms with van der Waals surface area (Å²) >= 11 is 11.3. The van der Waals surface area contributed by atoms with Crippen molar-refractivity contribution in [1.29, 1.82) is 0 Å². The molecule has 1 heterocycles. The molecule has 2 rings (SSSR count). The molecule has 5 nitrogen and oxygen atoms in total. The van der Waals surface area contributed by atoms with Crippen molar-refractivity contribution >= 4 is 34.8 Å². The number of hydrogen-bond donors (Lipinski definition) is 1. The normalized spacial score (nSPS) is 11.1. The molecule has 0 atom stereocenters. The third-order valence-electron chi connectivity index (χ3n) is 2.30. The van der Waals surface area contributed by atoms with E-state index < -0.39 is 18.0 Å². The number of halogens is 5. The van der Waals surface area contributed by atoms with E-state index in [-0.39, 0.29) is 21.7 Å². The largest absolute Gasteiger partial charge is 0.573 e. The van der Waals surface area contributed by atoms with E-state index in [0.717, 1.165) is 18.3 Å². The van der Waals surface area contributed by atoms with Crippen LogP contribution in [0.15, 0.2) is 30.5 Å². The predicted octanol–water partition coefficient (Wildman–Crippen LogP) is 3.93. The highest BCUT2D eigenvalue weighted by Gasteiger charge is 2.30. The first-order chi connectivity index (χ1) is 10.2. The lowest BCUT2D eigenvalue weighted by Crippen LogP contribution is -2.17. The fraction of sp³-hybridized carbons (Fsp3) is 0.0833. The molecule has 0 fully saturated rings. The van der Waals surface area contributed by atoms with Crippen LogP contribution in [0, 0.1) is 0 Å². The molecule has 1 amide bonds. The minimum atomic E-state index is -4.78. The maximum atomic E-state index is 12.0. The van der Waals surface area contributed by atoms with Crippen LogP contribution in [-0.4, -0.2) is 22.2 Å². The highest BCUT2D eigenvalue weighted by atomic mass is 35.5. The molecule has 0 unspecified atom stereocenters. The number of amides is 1. The molecule has 0 aliphatic heterocycles. The third-order valence-corrected chi connectivity index (χ3v) is 2.77. The number of rotatable bonds is 3. The van der Waals surface area contributed by atoms with Crippen molar-refractivity contribution in [2.24, 2.45) is 0 Å². The molecule has 0 radical (unpaired) electrons. The minimum Gasteiger partial charge on any atom is -0.406 e. The summed E-state index contributed by atoms with van der Waals surface area (Å²) in [5.41, 5.74) is 0.215. The van der Waals surface area contributed by atoms with E-state index in [2.05, 4.69) is 20.0 Å². The van der Waals surface area contributed by atoms with E-state index >= 15 is 0 Å². The van der Waals surface area contributed by atoms with Crippen molar-refractivity contribution in [3.8, 4) is 5.75 Å². The number of nitrogens with one attached hydrogen (secondary N) is 1. The van der Waals surface area contributed by atoms with Crippen LogP contribution in [-0.2, 0) is 0 Å². The quantitative estimate of drug-likeness (QED) is 0.672. The van der Waals surface area contributed by atoms with Gasteiger partial charge in [0, 0.05) is 11.9 Å². The van der Waals surface area contributed by atoms with Gasteiger partial charge in [-0.1, -0.05) is 11.6 Å². The number of carbonyl (C=O) groups excluding carboxylic acids is 1. The van der Waals surface area contributed by atoms with E-state index in [1.54, 1.807) is 0 Å². The van der Waals surface area contributed by atoms with Crippen LogP contribution in [0.4, 0.5) is 18.9 Å². The van der Waals surface area contributed by atoms with Gasteiger partial charge in [0.2, 0.25) is 5.28 Å². The van der Waals surface area contributed by atoms with Gasteiger partial charge in [0.1, 0.15) is 10.9 Å². The highest BCUT2D eigenvalue weighted by Crippen LogP contribution is 2.24. The molecule has 0 bridgehead atoms. The van der Waals surface area contributed by atoms with Gasteiger partial charge in [0.05, 0.1) is 5.56 Å². The van der Waals surface area contributed by atoms with Gasteiger partial charge >= 0.3 is 6.36 Å². The molecule has 10 heteroatoms. The van der Waals surface area contributed by atoms with Gasteiger partial charge in [-0.05, 0) is 35.9 Å². The Balaban J connectivity index is 2.09. The van der Waals surface area contributed by atoms with Crippen molar-refractivity contribution in [3.05, 3.63) is 46.5 Å². The van der Waals surface area contributed by atoms with Crippen molar-refractivity contribution in [3.63, 3.8) is 0 Å². The lowest BCUT2D eigenvalue weighted by Gasteiger charge is -2.10. The molecular formula is C12H6Cl2F3N3O2. The Kier molecular flexibility index (Phi) is 4.72. The number of ether oxygens (including phenoxy) is 1. The average Bonchev–Trinajstić information content (AvgIpc) is 2.39. The van der Waals surface area contributed by atoms with E-state index in [9.17, 15) is 18.0 Å². The third kappa shape index (κ3) is 4.47. The molecule has 1 aromatic heterocycles. The Morgan fingerprint density at radius 1 is 1.18 bits per heavy atom. The summed E-state index contributed by atoms with van der Waals surface area (Å²) in [5.74, 6) is -1.04. The van der Waals surface area contributed by atoms with Gasteiger partial charge in [-0.3, -0.25) is 4.79 Å². The van der Waals surface area contributed by atoms with E-state index in [1.165, 1.54) is 12.1 Å². The van der Waals surface area contributed by atoms with Gasteiger partial charge in [0.25, 0.3) is 5.91 Å². The van der Waals surface area contributed by atoms with E-state index in [4.69, 9.17) is 23.2 Å². The molecule has 1 aromatic carbocycles. The Morgan fingerprint density at radius 3 is 2.36 bits per heavy atom. The summed E-state index contributed by atoms with van der Waals surface area (Å²) in [6.45, 7) is 0. The second-order valence-corrected chi connectivity index (χ2v) is 4.57. The molecule has 0 saturated carbocycles. The number of anilines is 1. The van der Waals surface area contributed by atoms with Gasteiger partial charge in [-0.25, -0.2) is 9.97 Å². The number of benzene rings is 1. The van der Waals surface area contributed by atoms with Crippen LogP contribution < -0.4 is 10.1 Å². The Bertz CT molecular complexity index is 693. The van der Waals surface area contributed by atoms with Crippen LogP contribution in [0.2, 0.25) is 10.4 Å². The lowest BCUT2D eigenvalue weighted by molar-refractivity contribution is -0.274. The zero-order valence-electron chi connectivity index (χ0n) is 10.5. The summed E-state index contributed by atoms with van der Waals surface area (Å²) in [4.78, 5) is 19.2. The predicted molar refractivity (Wildman–Crippen MR) is 73.1 cm³/mol. The number of carbonyl (C=O) groups is 1. The Morgan fingerprint density at radius 2 is 1.82 bits per heavy atom. The van der Waals surface area contributed by atoms with E-state index in [1.807, 2.05) is 0 Å². The molecule has 0 saturated heterocycles. The van der Waals surface area contributed by atoms with Gasteiger partial charge in [-0.15, -0.1) is 13.2 Å². The highest BCUT2D eigenvalue weighted by molar-refractivity contribution is 6.34. The Labute approximate surface area is 132 Å². The smallest absolute Gasteiger partial charge is 0.406 e. The van der Waals surface area contributed by atoms with Gasteiger partial charge in [-0.2, -0.15) is 0 Å². The maximum absolute atomic E-state index is 12.0. The number of nitrogens with zero attached hydrogens (tertiary/aromatic N) is 2. The van der Waals surface area contributed by atoms with Gasteiger partial charge < -0.3 is 10.1 Å². The van der Waals surface area contributed by atoms with Crippen LogP contribution in [0.25, 0.3) is 0 Å². The zero-order chi connectivity index (χ0) is 16.3. The molecule has 1 N–H and O–H groups in total. The van der Waals surface area contributed by atoms with Crippen molar-refractivity contribution < 1.29 is 22.7 Å². The second kappa shape index (κ2) is 6.37. The fourth-order valence-corrected chi connectivity index (χ4v) is 1.82. The van der Waals surface area contributed by atoms with Crippen LogP contribution >= 0.6 is 23.2 Å². The van der Waals surface area contributed by atoms with Crippen LogP contribution in [0.1, 0.15) is 10.4 Å². The van der Waals surface area contributed by atoms with Crippen LogP contribution in [0.3, 0.4) is 0 Å². The minimum absolute atomic E-state index is 0.0262. The topological polar surface area (TPSA) is 64.1 Å². The molecule has 0 aliphatic rings. The monoisotopic (exact) mass is 351 g/mol. The first kappa shape index (κ1) is 16.3. The number of aromatic nitrogens is 2. The zero-order valence-corrected chi connectivity index (χ0v) is 12.0. The number of hydrogen-bond acceptors (Lipinski definition) is 4. The first-order valence-electron chi connectivity index (χ1n) is 5.60. The molecule has 116 valence electrons. The summed E-state index contributed by atoms with van der Waals surface area (Å²) < 4.78 is 39.8. The fourth-order valence-electron chi connectivity index (χ4n) is 1.43. The summed E-state index contributed by atoms with van der Waals surface area (Å²) in [5, 5.41) is 2.17. The molecule has 2 aromatic rings. The van der Waals surface area contributed by atoms with Crippen molar-refractivity contribution in [2.75, 3.05) is 5.32 Å². The Hall–Kier alpha value is -2.06. The summed E-state index contributed by atoms with van der Waals surface area (Å²) in [6.07, 6.45) is -3.65. The average molecular weight is 352 g/mol. The standard InChI is InChI=1S/C12H6Cl2F3N3O2/c13-9-8(5-18-11(14)20-9)10(21)19-6-1-3-7(4-2-6)22-12(15,16)17/h1-5H,(H,19,21). The molecule has 0 aliphatic carbocycles. The maximum Gasteiger partial charge on any atom is 0.573 e.